The first kappa shape index (κ1) is 14.3. The molecule has 0 amide bonds. The monoisotopic (exact) mass is 321 g/mol. The molecule has 2 rings (SSSR count). The van der Waals surface area contributed by atoms with E-state index in [-0.39, 0.29) is 5.54 Å². The van der Waals surface area contributed by atoms with E-state index in [2.05, 4.69) is 76.5 Å². The van der Waals surface area contributed by atoms with E-state index in [9.17, 15) is 0 Å². The fraction of sp³-hybridized carbons (Fsp3) is 0.400. The van der Waals surface area contributed by atoms with Crippen LogP contribution in [0.25, 0.3) is 0 Å². The molecular formula is C15H20BrN3. The molecule has 4 heteroatoms. The van der Waals surface area contributed by atoms with E-state index in [0.29, 0.717) is 0 Å². The van der Waals surface area contributed by atoms with Gasteiger partial charge in [-0.1, -0.05) is 28.1 Å². The summed E-state index contributed by atoms with van der Waals surface area (Å²) in [6.07, 6.45) is 0. The van der Waals surface area contributed by atoms with Crippen molar-refractivity contribution >= 4 is 15.9 Å². The summed E-state index contributed by atoms with van der Waals surface area (Å²) >= 11 is 3.47. The zero-order chi connectivity index (χ0) is 14.0. The van der Waals surface area contributed by atoms with Crippen molar-refractivity contribution in [3.63, 3.8) is 0 Å². The van der Waals surface area contributed by atoms with Gasteiger partial charge in [0.2, 0.25) is 0 Å². The van der Waals surface area contributed by atoms with Gasteiger partial charge in [-0.25, -0.2) is 0 Å². The smallest absolute Gasteiger partial charge is 0.0638 e. The van der Waals surface area contributed by atoms with E-state index in [1.165, 1.54) is 11.1 Å². The lowest BCUT2D eigenvalue weighted by Crippen LogP contribution is -2.36. The Hall–Kier alpha value is -1.13. The normalized spacial score (nSPS) is 11.8. The van der Waals surface area contributed by atoms with Crippen molar-refractivity contribution < 1.29 is 0 Å². The number of H-pyrrole nitrogens is 1. The maximum absolute atomic E-state index is 4.23. The molecule has 0 fully saturated rings. The van der Waals surface area contributed by atoms with Gasteiger partial charge >= 0.3 is 0 Å². The molecule has 2 N–H and O–H groups in total. The molecule has 0 radical (unpaired) electrons. The van der Waals surface area contributed by atoms with Crippen molar-refractivity contribution in [3.05, 3.63) is 51.3 Å². The lowest BCUT2D eigenvalue weighted by Gasteiger charge is -2.27. The quantitative estimate of drug-likeness (QED) is 0.898. The van der Waals surface area contributed by atoms with Crippen LogP contribution >= 0.6 is 15.9 Å². The fourth-order valence-corrected chi connectivity index (χ4v) is 2.38. The first-order valence-electron chi connectivity index (χ1n) is 6.41. The van der Waals surface area contributed by atoms with Crippen LogP contribution in [0.1, 0.15) is 36.4 Å². The Bertz CT molecular complexity index is 536. The SMILES string of the molecule is Cc1n[nH]c(C)c1CNC(C)(C)c1ccc(Br)cc1. The number of aromatic amines is 1. The molecule has 0 saturated heterocycles. The second kappa shape index (κ2) is 5.47. The number of aryl methyl sites for hydroxylation is 2. The van der Waals surface area contributed by atoms with Crippen LogP contribution in [0.3, 0.4) is 0 Å². The highest BCUT2D eigenvalue weighted by atomic mass is 79.9. The summed E-state index contributed by atoms with van der Waals surface area (Å²) < 4.78 is 1.11. The van der Waals surface area contributed by atoms with Gasteiger partial charge in [0.05, 0.1) is 5.69 Å². The summed E-state index contributed by atoms with van der Waals surface area (Å²) in [5.74, 6) is 0. The maximum Gasteiger partial charge on any atom is 0.0638 e. The van der Waals surface area contributed by atoms with Crippen LogP contribution < -0.4 is 5.32 Å². The van der Waals surface area contributed by atoms with Crippen LogP contribution in [0.15, 0.2) is 28.7 Å². The second-order valence-electron chi connectivity index (χ2n) is 5.40. The van der Waals surface area contributed by atoms with Crippen molar-refractivity contribution in [1.82, 2.24) is 15.5 Å². The topological polar surface area (TPSA) is 40.7 Å². The molecule has 0 spiro atoms. The lowest BCUT2D eigenvalue weighted by molar-refractivity contribution is 0.400. The molecular weight excluding hydrogens is 302 g/mol. The van der Waals surface area contributed by atoms with E-state index in [4.69, 9.17) is 0 Å². The molecule has 0 aliphatic carbocycles. The third-order valence-corrected chi connectivity index (χ3v) is 4.08. The molecule has 0 aliphatic rings. The first-order chi connectivity index (χ1) is 8.90. The Kier molecular flexibility index (Phi) is 4.11. The number of nitrogens with one attached hydrogen (secondary N) is 2. The third kappa shape index (κ3) is 3.25. The van der Waals surface area contributed by atoms with E-state index in [1.54, 1.807) is 0 Å². The minimum absolute atomic E-state index is 0.0726. The van der Waals surface area contributed by atoms with Crippen LogP contribution in [0.4, 0.5) is 0 Å². The second-order valence-corrected chi connectivity index (χ2v) is 6.31. The van der Waals surface area contributed by atoms with Crippen LogP contribution in [0.5, 0.6) is 0 Å². The summed E-state index contributed by atoms with van der Waals surface area (Å²) in [6.45, 7) is 9.30. The molecule has 2 aromatic rings. The van der Waals surface area contributed by atoms with Crippen molar-refractivity contribution in [3.8, 4) is 0 Å². The number of halogens is 1. The van der Waals surface area contributed by atoms with E-state index in [1.807, 2.05) is 6.92 Å². The highest BCUT2D eigenvalue weighted by molar-refractivity contribution is 9.10. The first-order valence-corrected chi connectivity index (χ1v) is 7.21. The predicted octanol–water partition coefficient (Wildman–Crippen LogP) is 3.81. The Morgan fingerprint density at radius 3 is 2.37 bits per heavy atom. The molecule has 19 heavy (non-hydrogen) atoms. The maximum atomic E-state index is 4.23. The molecule has 1 aromatic carbocycles. The molecule has 0 atom stereocenters. The van der Waals surface area contributed by atoms with Crippen LogP contribution in [-0.2, 0) is 12.1 Å². The van der Waals surface area contributed by atoms with Crippen molar-refractivity contribution in [2.45, 2.75) is 39.8 Å². The summed E-state index contributed by atoms with van der Waals surface area (Å²) in [5, 5.41) is 10.9. The zero-order valence-electron chi connectivity index (χ0n) is 11.8. The van der Waals surface area contributed by atoms with Crippen molar-refractivity contribution in [2.75, 3.05) is 0 Å². The van der Waals surface area contributed by atoms with Crippen LogP contribution in [0.2, 0.25) is 0 Å². The molecule has 1 heterocycles. The van der Waals surface area contributed by atoms with Gasteiger partial charge in [-0.15, -0.1) is 0 Å². The number of hydrogen-bond acceptors (Lipinski definition) is 2. The summed E-state index contributed by atoms with van der Waals surface area (Å²) in [4.78, 5) is 0. The fourth-order valence-electron chi connectivity index (χ4n) is 2.11. The van der Waals surface area contributed by atoms with Gasteiger partial charge < -0.3 is 5.32 Å². The minimum atomic E-state index is -0.0726. The molecule has 0 bridgehead atoms. The summed E-state index contributed by atoms with van der Waals surface area (Å²) in [5.41, 5.74) is 4.66. The van der Waals surface area contributed by atoms with Crippen molar-refractivity contribution in [2.24, 2.45) is 0 Å². The predicted molar refractivity (Wildman–Crippen MR) is 82.1 cm³/mol. The van der Waals surface area contributed by atoms with Gasteiger partial charge in [-0.05, 0) is 45.4 Å². The Labute approximate surface area is 122 Å². The van der Waals surface area contributed by atoms with Crippen LogP contribution in [-0.4, -0.2) is 10.2 Å². The Balaban J connectivity index is 2.11. The Morgan fingerprint density at radius 2 is 1.84 bits per heavy atom. The molecule has 102 valence electrons. The highest BCUT2D eigenvalue weighted by Crippen LogP contribution is 2.23. The lowest BCUT2D eigenvalue weighted by atomic mass is 9.94. The molecule has 0 aliphatic heterocycles. The molecule has 0 saturated carbocycles. The van der Waals surface area contributed by atoms with Gasteiger partial charge in [-0.3, -0.25) is 5.10 Å². The van der Waals surface area contributed by atoms with Crippen LogP contribution in [0, 0.1) is 13.8 Å². The molecule has 1 aromatic heterocycles. The molecule has 3 nitrogen and oxygen atoms in total. The van der Waals surface area contributed by atoms with E-state index in [0.717, 1.165) is 22.4 Å². The van der Waals surface area contributed by atoms with Crippen molar-refractivity contribution in [1.29, 1.82) is 0 Å². The number of nitrogens with zero attached hydrogens (tertiary/aromatic N) is 1. The summed E-state index contributed by atoms with van der Waals surface area (Å²) in [7, 11) is 0. The number of rotatable bonds is 4. The van der Waals surface area contributed by atoms with Gasteiger partial charge in [0.15, 0.2) is 0 Å². The average Bonchev–Trinajstić information content (AvgIpc) is 2.67. The summed E-state index contributed by atoms with van der Waals surface area (Å²) in [6, 6.07) is 8.44. The van der Waals surface area contributed by atoms with E-state index >= 15 is 0 Å². The van der Waals surface area contributed by atoms with Gasteiger partial charge in [-0.2, -0.15) is 5.10 Å². The van der Waals surface area contributed by atoms with Gasteiger partial charge in [0.25, 0.3) is 0 Å². The van der Waals surface area contributed by atoms with Gasteiger partial charge in [0, 0.05) is 27.8 Å². The molecule has 0 unspecified atom stereocenters. The highest BCUT2D eigenvalue weighted by Gasteiger charge is 2.20. The number of benzene rings is 1. The number of aromatic nitrogens is 2. The minimum Gasteiger partial charge on any atom is -0.304 e. The third-order valence-electron chi connectivity index (χ3n) is 3.55. The average molecular weight is 322 g/mol. The standard InChI is InChI=1S/C15H20BrN3/c1-10-14(11(2)19-18-10)9-17-15(3,4)12-5-7-13(16)8-6-12/h5-8,17H,9H2,1-4H3,(H,18,19). The largest absolute Gasteiger partial charge is 0.304 e. The van der Waals surface area contributed by atoms with Gasteiger partial charge in [0.1, 0.15) is 0 Å². The number of hydrogen-bond donors (Lipinski definition) is 2. The Morgan fingerprint density at radius 1 is 1.21 bits per heavy atom. The zero-order valence-corrected chi connectivity index (χ0v) is 13.4. The van der Waals surface area contributed by atoms with E-state index < -0.39 is 0 Å².